The van der Waals surface area contributed by atoms with Gasteiger partial charge >= 0.3 is 5.97 Å². The molecule has 0 fully saturated rings. The zero-order valence-electron chi connectivity index (χ0n) is 21.7. The summed E-state index contributed by atoms with van der Waals surface area (Å²) in [6.07, 6.45) is 9.20. The van der Waals surface area contributed by atoms with Crippen molar-refractivity contribution < 1.29 is 27.8 Å². The monoisotopic (exact) mass is 495 g/mol. The number of allylic oxidation sites excluding steroid dienone is 5. The lowest BCUT2D eigenvalue weighted by atomic mass is 10.0. The molecule has 0 aliphatic rings. The van der Waals surface area contributed by atoms with E-state index in [1.807, 2.05) is 34.6 Å². The van der Waals surface area contributed by atoms with Crippen LogP contribution >= 0.6 is 0 Å². The molecule has 0 aromatic heterocycles. The van der Waals surface area contributed by atoms with E-state index in [1.165, 1.54) is 30.3 Å². The van der Waals surface area contributed by atoms with Crippen molar-refractivity contribution in [1.82, 2.24) is 4.72 Å². The highest BCUT2D eigenvalue weighted by Crippen LogP contribution is 2.21. The van der Waals surface area contributed by atoms with Gasteiger partial charge < -0.3 is 14.6 Å². The number of rotatable bonds is 12. The molecule has 1 rings (SSSR count). The van der Waals surface area contributed by atoms with Gasteiger partial charge in [0.15, 0.2) is 0 Å². The van der Waals surface area contributed by atoms with Crippen LogP contribution in [0.25, 0.3) is 5.57 Å². The minimum atomic E-state index is -3.73. The van der Waals surface area contributed by atoms with Crippen molar-refractivity contribution >= 4 is 21.6 Å². The molecule has 0 aliphatic carbocycles. The molecule has 0 radical (unpaired) electrons. The van der Waals surface area contributed by atoms with Gasteiger partial charge in [-0.15, -0.1) is 0 Å². The molecule has 0 spiro atoms. The molecule has 0 unspecified atom stereocenters. The van der Waals surface area contributed by atoms with E-state index >= 15 is 0 Å². The number of aliphatic carboxylic acids is 1. The summed E-state index contributed by atoms with van der Waals surface area (Å²) < 4.78 is 37.4. The maximum absolute atomic E-state index is 12.4. The summed E-state index contributed by atoms with van der Waals surface area (Å²) in [5.41, 5.74) is 1.57. The van der Waals surface area contributed by atoms with Gasteiger partial charge in [0, 0.05) is 19.9 Å². The van der Waals surface area contributed by atoms with Crippen LogP contribution in [0.1, 0.15) is 53.5 Å². The van der Waals surface area contributed by atoms with Gasteiger partial charge in [-0.2, -0.15) is 0 Å². The number of methoxy groups -OCH3 is 2. The third-order valence-corrected chi connectivity index (χ3v) is 5.37. The first-order valence-electron chi connectivity index (χ1n) is 11.3. The first-order chi connectivity index (χ1) is 16.2. The van der Waals surface area contributed by atoms with Crippen molar-refractivity contribution in [3.8, 4) is 0 Å². The molecule has 0 atom stereocenters. The van der Waals surface area contributed by atoms with Crippen molar-refractivity contribution in [3.63, 3.8) is 0 Å². The first-order valence-corrected chi connectivity index (χ1v) is 12.8. The Labute approximate surface area is 205 Å². The van der Waals surface area contributed by atoms with Crippen molar-refractivity contribution in [1.29, 1.82) is 0 Å². The van der Waals surface area contributed by atoms with Crippen molar-refractivity contribution in [2.45, 2.75) is 52.9 Å². The largest absolute Gasteiger partial charge is 0.478 e. The lowest BCUT2D eigenvalue weighted by Crippen LogP contribution is -2.21. The Bertz CT molecular complexity index is 927. The molecule has 7 nitrogen and oxygen atoms in total. The Kier molecular flexibility index (Phi) is 19.5. The molecule has 1 aromatic rings. The second-order valence-corrected chi connectivity index (χ2v) is 7.99. The van der Waals surface area contributed by atoms with Gasteiger partial charge in [0.05, 0.1) is 23.7 Å². The Balaban J connectivity index is 0. The number of benzene rings is 1. The normalized spacial score (nSPS) is 12.4. The summed E-state index contributed by atoms with van der Waals surface area (Å²) in [5.74, 6) is -1.13. The van der Waals surface area contributed by atoms with Crippen molar-refractivity contribution in [3.05, 3.63) is 71.5 Å². The first kappa shape index (κ1) is 33.5. The minimum Gasteiger partial charge on any atom is -0.478 e. The van der Waals surface area contributed by atoms with Gasteiger partial charge in [-0.05, 0) is 42.7 Å². The van der Waals surface area contributed by atoms with Gasteiger partial charge in [0.1, 0.15) is 0 Å². The molecule has 192 valence electrons. The zero-order valence-corrected chi connectivity index (χ0v) is 22.5. The van der Waals surface area contributed by atoms with Gasteiger partial charge in [-0.1, -0.05) is 71.1 Å². The quantitative estimate of drug-likeness (QED) is 0.290. The average molecular weight is 496 g/mol. The SMILES string of the molecule is CC.CC.CC/C=C(/C)NS(=O)(=O)c1ccc(\C(=C/C(/C=C\COC)=C/COC)C(=O)O)cc1. The van der Waals surface area contributed by atoms with Gasteiger partial charge in [-0.3, -0.25) is 4.72 Å². The van der Waals surface area contributed by atoms with Crippen LogP contribution in [0.5, 0.6) is 0 Å². The highest BCUT2D eigenvalue weighted by Gasteiger charge is 2.16. The molecule has 0 amide bonds. The summed E-state index contributed by atoms with van der Waals surface area (Å²) in [4.78, 5) is 11.9. The lowest BCUT2D eigenvalue weighted by molar-refractivity contribution is -0.130. The second kappa shape index (κ2) is 19.8. The summed E-state index contributed by atoms with van der Waals surface area (Å²) in [6.45, 7) is 12.3. The Morgan fingerprint density at radius 3 is 2.03 bits per heavy atom. The molecule has 0 saturated heterocycles. The van der Waals surface area contributed by atoms with Crippen LogP contribution in [0.15, 0.2) is 70.8 Å². The molecule has 34 heavy (non-hydrogen) atoms. The number of ether oxygens (including phenoxy) is 2. The number of hydrogen-bond acceptors (Lipinski definition) is 5. The van der Waals surface area contributed by atoms with Crippen LogP contribution < -0.4 is 4.72 Å². The third kappa shape index (κ3) is 13.1. The second-order valence-electron chi connectivity index (χ2n) is 6.31. The Morgan fingerprint density at radius 2 is 1.56 bits per heavy atom. The van der Waals surface area contributed by atoms with E-state index in [0.717, 1.165) is 0 Å². The van der Waals surface area contributed by atoms with E-state index in [0.29, 0.717) is 36.5 Å². The zero-order chi connectivity index (χ0) is 26.6. The molecule has 0 bridgehead atoms. The van der Waals surface area contributed by atoms with Gasteiger partial charge in [0.2, 0.25) is 0 Å². The molecule has 0 heterocycles. The summed E-state index contributed by atoms with van der Waals surface area (Å²) in [6, 6.07) is 5.71. The number of carboxylic acids is 1. The fraction of sp³-hybridized carbons (Fsp3) is 0.423. The fourth-order valence-electron chi connectivity index (χ4n) is 2.50. The van der Waals surface area contributed by atoms with Crippen molar-refractivity contribution in [2.75, 3.05) is 27.4 Å². The van der Waals surface area contributed by atoms with Gasteiger partial charge in [-0.25, -0.2) is 13.2 Å². The number of carboxylic acid groups (broad SMARTS) is 1. The molecule has 8 heteroatoms. The van der Waals surface area contributed by atoms with Crippen LogP contribution in [-0.4, -0.2) is 46.9 Å². The summed E-state index contributed by atoms with van der Waals surface area (Å²) in [5, 5.41) is 9.67. The molecule has 2 N–H and O–H groups in total. The minimum absolute atomic E-state index is 0.0263. The molecular weight excluding hydrogens is 454 g/mol. The number of nitrogens with one attached hydrogen (secondary N) is 1. The van der Waals surface area contributed by atoms with Crippen LogP contribution in [0.4, 0.5) is 0 Å². The Hall–Kier alpha value is -2.68. The van der Waals surface area contributed by atoms with E-state index in [9.17, 15) is 18.3 Å². The average Bonchev–Trinajstić information content (AvgIpc) is 2.83. The van der Waals surface area contributed by atoms with E-state index in [2.05, 4.69) is 4.72 Å². The Morgan fingerprint density at radius 1 is 1.00 bits per heavy atom. The predicted molar refractivity (Wildman–Crippen MR) is 140 cm³/mol. The molecular formula is C26H41NO6S. The standard InChI is InChI=1S/C22H29NO6S.2C2H6/c1-5-7-17(2)23-30(26,27)20-11-9-19(10-12-20)21(22(24)25)16-18(13-15-29-4)8-6-14-28-3;2*1-2/h6-13,16,23H,5,14-15H2,1-4H3,(H,24,25);2*1-2H3/b8-6-,17-7-,18-13+,21-16+;;. The van der Waals surface area contributed by atoms with E-state index < -0.39 is 16.0 Å². The number of hydrogen-bond donors (Lipinski definition) is 2. The maximum Gasteiger partial charge on any atom is 0.336 e. The molecule has 0 saturated carbocycles. The number of sulfonamides is 1. The van der Waals surface area contributed by atoms with E-state index in [4.69, 9.17) is 9.47 Å². The molecule has 1 aromatic carbocycles. The number of carbonyl (C=O) groups is 1. The van der Waals surface area contributed by atoms with Crippen LogP contribution in [0.2, 0.25) is 0 Å². The summed E-state index contributed by atoms with van der Waals surface area (Å²) in [7, 11) is -0.631. The maximum atomic E-state index is 12.4. The fourth-order valence-corrected chi connectivity index (χ4v) is 3.62. The lowest BCUT2D eigenvalue weighted by Gasteiger charge is -2.10. The van der Waals surface area contributed by atoms with Crippen LogP contribution in [-0.2, 0) is 24.3 Å². The smallest absolute Gasteiger partial charge is 0.336 e. The molecule has 0 aliphatic heterocycles. The van der Waals surface area contributed by atoms with Crippen molar-refractivity contribution in [2.24, 2.45) is 0 Å². The third-order valence-electron chi connectivity index (χ3n) is 3.88. The van der Waals surface area contributed by atoms with E-state index in [1.54, 1.807) is 45.4 Å². The van der Waals surface area contributed by atoms with E-state index in [-0.39, 0.29) is 10.5 Å². The van der Waals surface area contributed by atoms with Crippen LogP contribution in [0.3, 0.4) is 0 Å². The van der Waals surface area contributed by atoms with Gasteiger partial charge in [0.25, 0.3) is 10.0 Å². The van der Waals surface area contributed by atoms with Crippen LogP contribution in [0, 0.1) is 0 Å². The predicted octanol–water partition coefficient (Wildman–Crippen LogP) is 5.57. The highest BCUT2D eigenvalue weighted by molar-refractivity contribution is 7.89. The topological polar surface area (TPSA) is 102 Å². The summed E-state index contributed by atoms with van der Waals surface area (Å²) >= 11 is 0. The highest BCUT2D eigenvalue weighted by atomic mass is 32.2.